The van der Waals surface area contributed by atoms with E-state index in [2.05, 4.69) is 20.3 Å². The highest BCUT2D eigenvalue weighted by molar-refractivity contribution is 7.99. The summed E-state index contributed by atoms with van der Waals surface area (Å²) >= 11 is 7.81. The largest absolute Gasteiger partial charge is 0.372 e. The molecule has 0 saturated heterocycles. The Morgan fingerprint density at radius 1 is 1.35 bits per heavy atom. The minimum atomic E-state index is 0.168. The van der Waals surface area contributed by atoms with Gasteiger partial charge in [0, 0.05) is 30.5 Å². The fraction of sp³-hybridized carbons (Fsp3) is 0.154. The molecule has 3 aromatic heterocycles. The first-order valence-corrected chi connectivity index (χ1v) is 7.11. The second kappa shape index (κ2) is 5.30. The Morgan fingerprint density at radius 3 is 3.00 bits per heavy atom. The summed E-state index contributed by atoms with van der Waals surface area (Å²) in [6.07, 6.45) is 5.25. The second-order valence-electron chi connectivity index (χ2n) is 4.07. The van der Waals surface area contributed by atoms with Crippen molar-refractivity contribution in [3.63, 3.8) is 0 Å². The number of fused-ring (bicyclic) bond motifs is 1. The van der Waals surface area contributed by atoms with Gasteiger partial charge in [-0.1, -0.05) is 23.4 Å². The van der Waals surface area contributed by atoms with Crippen LogP contribution in [0.5, 0.6) is 0 Å². The normalized spacial score (nSPS) is 11.7. The first-order chi connectivity index (χ1) is 10.1. The molecule has 3 heterocycles. The van der Waals surface area contributed by atoms with E-state index in [0.29, 0.717) is 16.5 Å². The minimum absolute atomic E-state index is 0.168. The number of hydrogen-bond donors (Lipinski definition) is 1. The minimum Gasteiger partial charge on any atom is -0.372 e. The van der Waals surface area contributed by atoms with Gasteiger partial charge in [0.2, 0.25) is 0 Å². The fourth-order valence-electron chi connectivity index (χ4n) is 1.80. The SMILES string of the molecule is [2H]c1nc(C)c(Sc2ccnc(NC)c2Cl)c2nccn12. The van der Waals surface area contributed by atoms with Gasteiger partial charge in [-0.3, -0.25) is 4.40 Å². The van der Waals surface area contributed by atoms with Gasteiger partial charge in [0.1, 0.15) is 13.5 Å². The Bertz CT molecular complexity index is 820. The van der Waals surface area contributed by atoms with Crippen molar-refractivity contribution >= 4 is 34.8 Å². The molecule has 3 aromatic rings. The van der Waals surface area contributed by atoms with Crippen LogP contribution in [0.2, 0.25) is 5.02 Å². The Balaban J connectivity index is 2.13. The molecule has 1 N–H and O–H groups in total. The molecule has 0 spiro atoms. The third kappa shape index (κ3) is 2.21. The molecule has 0 saturated carbocycles. The van der Waals surface area contributed by atoms with Crippen LogP contribution in [0, 0.1) is 6.92 Å². The van der Waals surface area contributed by atoms with Crippen LogP contribution >= 0.6 is 23.4 Å². The molecule has 0 radical (unpaired) electrons. The lowest BCUT2D eigenvalue weighted by atomic mass is 10.4. The van der Waals surface area contributed by atoms with Gasteiger partial charge in [0.25, 0.3) is 0 Å². The van der Waals surface area contributed by atoms with Crippen molar-refractivity contribution in [2.75, 3.05) is 12.4 Å². The van der Waals surface area contributed by atoms with Gasteiger partial charge in [-0.15, -0.1) is 0 Å². The predicted molar refractivity (Wildman–Crippen MR) is 80.6 cm³/mol. The van der Waals surface area contributed by atoms with E-state index >= 15 is 0 Å². The Morgan fingerprint density at radius 2 is 2.20 bits per heavy atom. The number of nitrogens with zero attached hydrogens (tertiary/aromatic N) is 4. The van der Waals surface area contributed by atoms with Gasteiger partial charge < -0.3 is 5.32 Å². The van der Waals surface area contributed by atoms with Crippen molar-refractivity contribution in [2.24, 2.45) is 0 Å². The van der Waals surface area contributed by atoms with Crippen LogP contribution in [-0.4, -0.2) is 26.4 Å². The first kappa shape index (κ1) is 12.0. The summed E-state index contributed by atoms with van der Waals surface area (Å²) in [5, 5.41) is 3.51. The van der Waals surface area contributed by atoms with E-state index in [1.807, 2.05) is 13.0 Å². The molecule has 0 aliphatic heterocycles. The van der Waals surface area contributed by atoms with E-state index in [0.717, 1.165) is 15.5 Å². The van der Waals surface area contributed by atoms with Crippen LogP contribution in [0.25, 0.3) is 5.65 Å². The third-order valence-electron chi connectivity index (χ3n) is 2.80. The summed E-state index contributed by atoms with van der Waals surface area (Å²) in [5.41, 5.74) is 1.46. The maximum atomic E-state index is 7.86. The van der Waals surface area contributed by atoms with Crippen LogP contribution in [0.15, 0.2) is 40.8 Å². The smallest absolute Gasteiger partial charge is 0.153 e. The predicted octanol–water partition coefficient (Wildman–Crippen LogP) is 3.28. The maximum absolute atomic E-state index is 7.86. The quantitative estimate of drug-likeness (QED) is 0.805. The average Bonchev–Trinajstić information content (AvgIpc) is 2.95. The van der Waals surface area contributed by atoms with Gasteiger partial charge >= 0.3 is 0 Å². The second-order valence-corrected chi connectivity index (χ2v) is 5.50. The zero-order valence-electron chi connectivity index (χ0n) is 11.9. The zero-order chi connectivity index (χ0) is 15.0. The van der Waals surface area contributed by atoms with Crippen molar-refractivity contribution < 1.29 is 1.37 Å². The molecule has 3 rings (SSSR count). The average molecular weight is 307 g/mol. The van der Waals surface area contributed by atoms with Crippen molar-refractivity contribution in [1.29, 1.82) is 0 Å². The summed E-state index contributed by atoms with van der Waals surface area (Å²) in [7, 11) is 1.77. The summed E-state index contributed by atoms with van der Waals surface area (Å²) in [6, 6.07) is 1.85. The van der Waals surface area contributed by atoms with Crippen LogP contribution in [-0.2, 0) is 0 Å². The summed E-state index contributed by atoms with van der Waals surface area (Å²) in [5.74, 6) is 0.628. The lowest BCUT2D eigenvalue weighted by molar-refractivity contribution is 0.994. The number of imidazole rings is 1. The van der Waals surface area contributed by atoms with Gasteiger partial charge in [-0.2, -0.15) is 0 Å². The van der Waals surface area contributed by atoms with Crippen molar-refractivity contribution in [2.45, 2.75) is 16.7 Å². The van der Waals surface area contributed by atoms with Crippen LogP contribution in [0.3, 0.4) is 0 Å². The topological polar surface area (TPSA) is 55.1 Å². The van der Waals surface area contributed by atoms with E-state index in [1.165, 1.54) is 11.8 Å². The van der Waals surface area contributed by atoms with Crippen molar-refractivity contribution in [1.82, 2.24) is 19.4 Å². The van der Waals surface area contributed by atoms with Gasteiger partial charge in [0.15, 0.2) is 5.65 Å². The van der Waals surface area contributed by atoms with Gasteiger partial charge in [0.05, 0.1) is 15.6 Å². The molecular formula is C13H12ClN5S. The lowest BCUT2D eigenvalue weighted by Crippen LogP contribution is -1.96. The third-order valence-corrected chi connectivity index (χ3v) is 4.54. The first-order valence-electron chi connectivity index (χ1n) is 6.42. The Hall–Kier alpha value is -1.79. The number of pyridine rings is 1. The van der Waals surface area contributed by atoms with Crippen molar-refractivity contribution in [3.8, 4) is 0 Å². The highest BCUT2D eigenvalue weighted by Gasteiger charge is 2.13. The van der Waals surface area contributed by atoms with E-state index < -0.39 is 0 Å². The zero-order valence-corrected chi connectivity index (χ0v) is 12.5. The number of rotatable bonds is 3. The van der Waals surface area contributed by atoms with E-state index in [4.69, 9.17) is 13.0 Å². The standard InChI is InChI=1S/C13H12ClN5S/c1-8-11(13-17-5-6-19(13)7-18-8)20-9-3-4-16-12(15-2)10(9)14/h3-7H,1-2H3,(H,15,16)/i7D. The fourth-order valence-corrected chi connectivity index (χ4v) is 3.09. The Labute approximate surface area is 126 Å². The van der Waals surface area contributed by atoms with Gasteiger partial charge in [-0.25, -0.2) is 15.0 Å². The molecule has 0 bridgehead atoms. The number of halogens is 1. The van der Waals surface area contributed by atoms with Crippen LogP contribution in [0.4, 0.5) is 5.82 Å². The highest BCUT2D eigenvalue weighted by atomic mass is 35.5. The molecule has 0 aliphatic rings. The molecule has 7 heteroatoms. The summed E-state index contributed by atoms with van der Waals surface area (Å²) in [6.45, 7) is 1.86. The van der Waals surface area contributed by atoms with E-state index in [1.54, 1.807) is 30.0 Å². The number of anilines is 1. The monoisotopic (exact) mass is 306 g/mol. The maximum Gasteiger partial charge on any atom is 0.153 e. The molecule has 0 aliphatic carbocycles. The van der Waals surface area contributed by atoms with Crippen LogP contribution < -0.4 is 5.32 Å². The summed E-state index contributed by atoms with van der Waals surface area (Å²) in [4.78, 5) is 14.5. The van der Waals surface area contributed by atoms with Gasteiger partial charge in [-0.05, 0) is 13.0 Å². The molecular weight excluding hydrogens is 294 g/mol. The van der Waals surface area contributed by atoms with Crippen LogP contribution in [0.1, 0.15) is 7.06 Å². The molecule has 0 aromatic carbocycles. The number of nitrogens with one attached hydrogen (secondary N) is 1. The van der Waals surface area contributed by atoms with E-state index in [9.17, 15) is 0 Å². The molecule has 102 valence electrons. The molecule has 0 atom stereocenters. The number of aryl methyl sites for hydroxylation is 1. The molecule has 0 unspecified atom stereocenters. The molecule has 20 heavy (non-hydrogen) atoms. The highest BCUT2D eigenvalue weighted by Crippen LogP contribution is 2.38. The Kier molecular flexibility index (Phi) is 3.18. The number of hydrogen-bond acceptors (Lipinski definition) is 5. The molecule has 0 fully saturated rings. The molecule has 0 amide bonds. The summed E-state index contributed by atoms with van der Waals surface area (Å²) < 4.78 is 9.50. The van der Waals surface area contributed by atoms with E-state index in [-0.39, 0.29) is 6.30 Å². The lowest BCUT2D eigenvalue weighted by Gasteiger charge is -2.10. The number of aromatic nitrogens is 4. The van der Waals surface area contributed by atoms with Crippen molar-refractivity contribution in [3.05, 3.63) is 41.7 Å². The molecule has 5 nitrogen and oxygen atoms in total.